The van der Waals surface area contributed by atoms with E-state index < -0.39 is 0 Å². The molecule has 0 spiro atoms. The molecule has 0 radical (unpaired) electrons. The molecule has 19 heavy (non-hydrogen) atoms. The molecule has 3 heteroatoms. The SMILES string of the molecule is CC(C)C#CCN1CCN(CCCOC(C)C)CC1. The lowest BCUT2D eigenvalue weighted by atomic mass is 10.2. The van der Waals surface area contributed by atoms with Crippen LogP contribution in [0.1, 0.15) is 34.1 Å². The number of rotatable bonds is 6. The minimum atomic E-state index is 0.358. The topological polar surface area (TPSA) is 15.7 Å². The van der Waals surface area contributed by atoms with Crippen molar-refractivity contribution in [3.63, 3.8) is 0 Å². The second-order valence-electron chi connectivity index (χ2n) is 5.87. The number of ether oxygens (including phenoxy) is 1. The molecule has 1 rings (SSSR count). The Bertz CT molecular complexity index is 283. The first-order valence-electron chi connectivity index (χ1n) is 7.62. The van der Waals surface area contributed by atoms with Gasteiger partial charge in [-0.1, -0.05) is 25.7 Å². The van der Waals surface area contributed by atoms with E-state index in [1.54, 1.807) is 0 Å². The van der Waals surface area contributed by atoms with Crippen LogP contribution in [-0.2, 0) is 4.74 Å². The van der Waals surface area contributed by atoms with Crippen molar-refractivity contribution < 1.29 is 4.74 Å². The molecule has 0 aromatic carbocycles. The van der Waals surface area contributed by atoms with E-state index in [9.17, 15) is 0 Å². The minimum absolute atomic E-state index is 0.358. The molecule has 0 N–H and O–H groups in total. The molecule has 0 aliphatic carbocycles. The van der Waals surface area contributed by atoms with Gasteiger partial charge in [-0.15, -0.1) is 0 Å². The fourth-order valence-electron chi connectivity index (χ4n) is 2.14. The van der Waals surface area contributed by atoms with Gasteiger partial charge in [-0.05, 0) is 20.3 Å². The molecule has 0 unspecified atom stereocenters. The maximum absolute atomic E-state index is 5.57. The fraction of sp³-hybridized carbons (Fsp3) is 0.875. The zero-order chi connectivity index (χ0) is 14.1. The Hall–Kier alpha value is -0.560. The van der Waals surface area contributed by atoms with Gasteiger partial charge in [0.25, 0.3) is 0 Å². The van der Waals surface area contributed by atoms with Crippen LogP contribution in [0, 0.1) is 17.8 Å². The van der Waals surface area contributed by atoms with E-state index in [1.165, 1.54) is 13.1 Å². The van der Waals surface area contributed by atoms with Crippen molar-refractivity contribution in [3.05, 3.63) is 0 Å². The van der Waals surface area contributed by atoms with Gasteiger partial charge >= 0.3 is 0 Å². The second kappa shape index (κ2) is 9.36. The predicted octanol–water partition coefficient (Wildman–Crippen LogP) is 2.08. The number of nitrogens with zero attached hydrogens (tertiary/aromatic N) is 2. The molecule has 0 aromatic rings. The molecule has 3 nitrogen and oxygen atoms in total. The molecule has 0 saturated carbocycles. The van der Waals surface area contributed by atoms with E-state index >= 15 is 0 Å². The lowest BCUT2D eigenvalue weighted by molar-refractivity contribution is 0.0648. The van der Waals surface area contributed by atoms with E-state index in [-0.39, 0.29) is 0 Å². The number of hydrogen-bond donors (Lipinski definition) is 0. The van der Waals surface area contributed by atoms with Crippen molar-refractivity contribution in [1.29, 1.82) is 0 Å². The summed E-state index contributed by atoms with van der Waals surface area (Å²) in [5.74, 6) is 6.99. The Kier molecular flexibility index (Phi) is 8.13. The van der Waals surface area contributed by atoms with E-state index in [2.05, 4.69) is 49.3 Å². The van der Waals surface area contributed by atoms with Crippen LogP contribution in [0.15, 0.2) is 0 Å². The highest BCUT2D eigenvalue weighted by Crippen LogP contribution is 2.02. The summed E-state index contributed by atoms with van der Waals surface area (Å²) in [6.07, 6.45) is 1.50. The Morgan fingerprint density at radius 2 is 1.63 bits per heavy atom. The van der Waals surface area contributed by atoms with E-state index in [1.807, 2.05) is 0 Å². The lowest BCUT2D eigenvalue weighted by Crippen LogP contribution is -2.46. The van der Waals surface area contributed by atoms with Gasteiger partial charge in [0.2, 0.25) is 0 Å². The van der Waals surface area contributed by atoms with Crippen LogP contribution >= 0.6 is 0 Å². The van der Waals surface area contributed by atoms with E-state index in [0.29, 0.717) is 12.0 Å². The van der Waals surface area contributed by atoms with Gasteiger partial charge in [0.15, 0.2) is 0 Å². The summed E-state index contributed by atoms with van der Waals surface area (Å²) in [4.78, 5) is 4.99. The molecule has 0 aromatic heterocycles. The highest BCUT2D eigenvalue weighted by atomic mass is 16.5. The monoisotopic (exact) mass is 266 g/mol. The first-order chi connectivity index (χ1) is 9.08. The van der Waals surface area contributed by atoms with Crippen LogP contribution in [0.3, 0.4) is 0 Å². The molecule has 1 heterocycles. The number of piperazine rings is 1. The summed E-state index contributed by atoms with van der Waals surface area (Å²) in [7, 11) is 0. The summed E-state index contributed by atoms with van der Waals surface area (Å²) >= 11 is 0. The third-order valence-corrected chi connectivity index (χ3v) is 3.23. The maximum atomic E-state index is 5.57. The zero-order valence-electron chi connectivity index (χ0n) is 13.1. The average molecular weight is 266 g/mol. The molecule has 1 fully saturated rings. The summed E-state index contributed by atoms with van der Waals surface area (Å²) in [6.45, 7) is 16.1. The maximum Gasteiger partial charge on any atom is 0.0602 e. The van der Waals surface area contributed by atoms with Gasteiger partial charge < -0.3 is 9.64 Å². The molecular formula is C16H30N2O. The van der Waals surface area contributed by atoms with Gasteiger partial charge in [-0.25, -0.2) is 0 Å². The normalized spacial score (nSPS) is 17.8. The van der Waals surface area contributed by atoms with Gasteiger partial charge in [0, 0.05) is 45.2 Å². The number of hydrogen-bond acceptors (Lipinski definition) is 3. The van der Waals surface area contributed by atoms with Gasteiger partial charge in [0.05, 0.1) is 12.6 Å². The highest BCUT2D eigenvalue weighted by molar-refractivity contribution is 5.03. The Morgan fingerprint density at radius 3 is 2.21 bits per heavy atom. The summed E-state index contributed by atoms with van der Waals surface area (Å²) < 4.78 is 5.57. The van der Waals surface area contributed by atoms with Crippen LogP contribution in [0.5, 0.6) is 0 Å². The molecule has 1 saturated heterocycles. The largest absolute Gasteiger partial charge is 0.379 e. The predicted molar refractivity (Wildman–Crippen MR) is 81.2 cm³/mol. The fourth-order valence-corrected chi connectivity index (χ4v) is 2.14. The molecule has 0 amide bonds. The Labute approximate surface area is 119 Å². The Morgan fingerprint density at radius 1 is 1.00 bits per heavy atom. The van der Waals surface area contributed by atoms with Crippen LogP contribution < -0.4 is 0 Å². The van der Waals surface area contributed by atoms with E-state index in [4.69, 9.17) is 4.74 Å². The summed E-state index contributed by atoms with van der Waals surface area (Å²) in [5, 5.41) is 0. The van der Waals surface area contributed by atoms with Gasteiger partial charge in [0.1, 0.15) is 0 Å². The smallest absolute Gasteiger partial charge is 0.0602 e. The van der Waals surface area contributed by atoms with Crippen molar-refractivity contribution in [2.75, 3.05) is 45.9 Å². The van der Waals surface area contributed by atoms with Crippen molar-refractivity contribution >= 4 is 0 Å². The standard InChI is InChI=1S/C16H30N2O/c1-15(2)7-5-8-17-10-12-18(13-11-17)9-6-14-19-16(3)4/h15-16H,6,8-14H2,1-4H3. The first kappa shape index (κ1) is 16.5. The second-order valence-corrected chi connectivity index (χ2v) is 5.87. The first-order valence-corrected chi connectivity index (χ1v) is 7.62. The molecule has 0 bridgehead atoms. The van der Waals surface area contributed by atoms with Gasteiger partial charge in [-0.3, -0.25) is 4.90 Å². The van der Waals surface area contributed by atoms with Crippen LogP contribution in [0.25, 0.3) is 0 Å². The van der Waals surface area contributed by atoms with Crippen molar-refractivity contribution in [2.24, 2.45) is 5.92 Å². The molecule has 0 atom stereocenters. The highest BCUT2D eigenvalue weighted by Gasteiger charge is 2.15. The third kappa shape index (κ3) is 8.26. The van der Waals surface area contributed by atoms with Crippen molar-refractivity contribution in [1.82, 2.24) is 9.80 Å². The van der Waals surface area contributed by atoms with Crippen molar-refractivity contribution in [2.45, 2.75) is 40.2 Å². The Balaban J connectivity index is 2.07. The minimum Gasteiger partial charge on any atom is -0.379 e. The molecular weight excluding hydrogens is 236 g/mol. The summed E-state index contributed by atoms with van der Waals surface area (Å²) in [5.41, 5.74) is 0. The van der Waals surface area contributed by atoms with Crippen LogP contribution in [0.4, 0.5) is 0 Å². The van der Waals surface area contributed by atoms with Crippen LogP contribution in [-0.4, -0.2) is 61.8 Å². The van der Waals surface area contributed by atoms with E-state index in [0.717, 1.165) is 39.2 Å². The van der Waals surface area contributed by atoms with Crippen molar-refractivity contribution in [3.8, 4) is 11.8 Å². The third-order valence-electron chi connectivity index (χ3n) is 3.23. The summed E-state index contributed by atoms with van der Waals surface area (Å²) in [6, 6.07) is 0. The van der Waals surface area contributed by atoms with Crippen LogP contribution in [0.2, 0.25) is 0 Å². The molecule has 1 aliphatic heterocycles. The average Bonchev–Trinajstić information content (AvgIpc) is 2.36. The zero-order valence-corrected chi connectivity index (χ0v) is 13.1. The molecule has 110 valence electrons. The van der Waals surface area contributed by atoms with Gasteiger partial charge in [-0.2, -0.15) is 0 Å². The lowest BCUT2D eigenvalue weighted by Gasteiger charge is -2.33. The quantitative estimate of drug-likeness (QED) is 0.541. The molecule has 1 aliphatic rings.